The molecule has 0 rings (SSSR count). The summed E-state index contributed by atoms with van der Waals surface area (Å²) >= 11 is 0. The van der Waals surface area contributed by atoms with Gasteiger partial charge in [0.25, 0.3) is 0 Å². The number of rotatable bonds is 6. The van der Waals surface area contributed by atoms with Gasteiger partial charge in [-0.15, -0.1) is 0 Å². The van der Waals surface area contributed by atoms with Crippen molar-refractivity contribution in [3.63, 3.8) is 0 Å². The Hall–Kier alpha value is -0.613. The average molecular weight is 230 g/mol. The van der Waals surface area contributed by atoms with Gasteiger partial charge in [-0.2, -0.15) is 0 Å². The summed E-state index contributed by atoms with van der Waals surface area (Å²) < 4.78 is 10.8. The molecule has 0 saturated carbocycles. The number of carbonyl (C=O) groups is 1. The Kier molecular flexibility index (Phi) is 5.83. The van der Waals surface area contributed by atoms with E-state index in [9.17, 15) is 4.79 Å². The van der Waals surface area contributed by atoms with Gasteiger partial charge in [0, 0.05) is 5.57 Å². The summed E-state index contributed by atoms with van der Waals surface area (Å²) in [5.41, 5.74) is 0.403. The molecule has 15 heavy (non-hydrogen) atoms. The Morgan fingerprint density at radius 3 is 2.40 bits per heavy atom. The third-order valence-corrected chi connectivity index (χ3v) is 4.63. The van der Waals surface area contributed by atoms with Gasteiger partial charge in [-0.25, -0.2) is 4.79 Å². The first-order valence-electron chi connectivity index (χ1n) is 5.33. The van der Waals surface area contributed by atoms with Gasteiger partial charge < -0.3 is 9.16 Å². The molecule has 1 atom stereocenters. The maximum atomic E-state index is 11.2. The summed E-state index contributed by atoms with van der Waals surface area (Å²) in [5.74, 6) is -0.385. The predicted octanol–water partition coefficient (Wildman–Crippen LogP) is 3.08. The fourth-order valence-corrected chi connectivity index (χ4v) is 3.65. The molecule has 0 aliphatic carbocycles. The Labute approximate surface area is 93.6 Å². The molecule has 3 nitrogen and oxygen atoms in total. The summed E-state index contributed by atoms with van der Waals surface area (Å²) in [7, 11) is -1.67. The lowest BCUT2D eigenvalue weighted by atomic mass is 10.4. The van der Waals surface area contributed by atoms with Gasteiger partial charge in [0.05, 0.1) is 0 Å². The molecule has 0 fully saturated rings. The van der Waals surface area contributed by atoms with Crippen LogP contribution in [-0.2, 0) is 14.0 Å². The largest absolute Gasteiger partial charge is 0.434 e. The van der Waals surface area contributed by atoms with Crippen molar-refractivity contribution in [3.05, 3.63) is 12.2 Å². The quantitative estimate of drug-likeness (QED) is 0.304. The first kappa shape index (κ1) is 14.4. The lowest BCUT2D eigenvalue weighted by molar-refractivity contribution is -0.157. The van der Waals surface area contributed by atoms with Gasteiger partial charge in [0.2, 0.25) is 0 Å². The maximum Gasteiger partial charge on any atom is 0.335 e. The van der Waals surface area contributed by atoms with Gasteiger partial charge in [0.1, 0.15) is 0 Å². The van der Waals surface area contributed by atoms with Gasteiger partial charge in [-0.3, -0.25) is 0 Å². The number of esters is 1. The Morgan fingerprint density at radius 1 is 1.47 bits per heavy atom. The number of ether oxygens (including phenoxy) is 1. The number of hydrogen-bond donors (Lipinski definition) is 0. The zero-order valence-electron chi connectivity index (χ0n) is 10.4. The van der Waals surface area contributed by atoms with Crippen molar-refractivity contribution in [2.75, 3.05) is 0 Å². The van der Waals surface area contributed by atoms with Crippen molar-refractivity contribution in [3.8, 4) is 0 Å². The fraction of sp³-hybridized carbons (Fsp3) is 0.727. The standard InChI is InChI=1S/C11H22O3Si/c1-7-8-15(5,6)14-10(4)13-11(12)9(2)3/h10H,2,7-8H2,1,3-6H3. The maximum absolute atomic E-state index is 11.2. The smallest absolute Gasteiger partial charge is 0.335 e. The molecule has 0 heterocycles. The zero-order chi connectivity index (χ0) is 12.1. The molecule has 0 amide bonds. The van der Waals surface area contributed by atoms with E-state index in [2.05, 4.69) is 26.6 Å². The van der Waals surface area contributed by atoms with E-state index < -0.39 is 14.6 Å². The van der Waals surface area contributed by atoms with Gasteiger partial charge in [-0.1, -0.05) is 19.9 Å². The van der Waals surface area contributed by atoms with Crippen molar-refractivity contribution in [1.29, 1.82) is 0 Å². The van der Waals surface area contributed by atoms with Crippen molar-refractivity contribution >= 4 is 14.3 Å². The first-order valence-corrected chi connectivity index (χ1v) is 8.44. The number of carbonyl (C=O) groups excluding carboxylic acids is 1. The van der Waals surface area contributed by atoms with E-state index in [4.69, 9.17) is 9.16 Å². The lowest BCUT2D eigenvalue weighted by Gasteiger charge is -2.26. The van der Waals surface area contributed by atoms with E-state index >= 15 is 0 Å². The van der Waals surface area contributed by atoms with Crippen LogP contribution in [0.3, 0.4) is 0 Å². The summed E-state index contributed by atoms with van der Waals surface area (Å²) in [6.45, 7) is 13.3. The van der Waals surface area contributed by atoms with E-state index in [0.717, 1.165) is 12.5 Å². The molecule has 0 aromatic rings. The van der Waals surface area contributed by atoms with Crippen LogP contribution in [0.15, 0.2) is 12.2 Å². The van der Waals surface area contributed by atoms with E-state index in [0.29, 0.717) is 5.57 Å². The summed E-state index contributed by atoms with van der Waals surface area (Å²) in [6.07, 6.45) is 0.628. The third kappa shape index (κ3) is 6.46. The molecular formula is C11H22O3Si. The van der Waals surface area contributed by atoms with E-state index in [-0.39, 0.29) is 5.97 Å². The average Bonchev–Trinajstić information content (AvgIpc) is 2.01. The molecule has 88 valence electrons. The molecule has 0 saturated heterocycles. The number of hydrogen-bond acceptors (Lipinski definition) is 3. The lowest BCUT2D eigenvalue weighted by Crippen LogP contribution is -2.36. The topological polar surface area (TPSA) is 35.5 Å². The van der Waals surface area contributed by atoms with Crippen LogP contribution < -0.4 is 0 Å². The predicted molar refractivity (Wildman–Crippen MR) is 64.0 cm³/mol. The van der Waals surface area contributed by atoms with Crippen LogP contribution in [0.5, 0.6) is 0 Å². The molecule has 4 heteroatoms. The van der Waals surface area contributed by atoms with Crippen LogP contribution in [0.2, 0.25) is 19.1 Å². The highest BCUT2D eigenvalue weighted by Crippen LogP contribution is 2.16. The molecule has 0 aliphatic heterocycles. The monoisotopic (exact) mass is 230 g/mol. The van der Waals surface area contributed by atoms with Gasteiger partial charge in [0.15, 0.2) is 14.6 Å². The highest BCUT2D eigenvalue weighted by atomic mass is 28.4. The summed E-state index contributed by atoms with van der Waals surface area (Å²) in [6, 6.07) is 1.07. The minimum absolute atomic E-state index is 0.385. The first-order chi connectivity index (χ1) is 6.78. The second kappa shape index (κ2) is 6.08. The minimum atomic E-state index is -1.67. The summed E-state index contributed by atoms with van der Waals surface area (Å²) in [5, 5.41) is 0. The Bertz CT molecular complexity index is 236. The molecule has 0 spiro atoms. The highest BCUT2D eigenvalue weighted by molar-refractivity contribution is 6.71. The highest BCUT2D eigenvalue weighted by Gasteiger charge is 2.25. The van der Waals surface area contributed by atoms with Crippen LogP contribution in [-0.4, -0.2) is 20.6 Å². The van der Waals surface area contributed by atoms with E-state index in [1.165, 1.54) is 0 Å². The molecule has 0 aromatic carbocycles. The third-order valence-electron chi connectivity index (χ3n) is 1.96. The van der Waals surface area contributed by atoms with Crippen molar-refractivity contribution in [2.45, 2.75) is 52.6 Å². The minimum Gasteiger partial charge on any atom is -0.434 e. The molecule has 0 aromatic heterocycles. The second-order valence-corrected chi connectivity index (χ2v) is 8.64. The summed E-state index contributed by atoms with van der Waals surface area (Å²) in [4.78, 5) is 11.2. The van der Waals surface area contributed by atoms with Crippen LogP contribution in [0.1, 0.15) is 27.2 Å². The Balaban J connectivity index is 4.08. The molecule has 0 bridgehead atoms. The molecule has 0 N–H and O–H groups in total. The molecule has 0 aliphatic rings. The normalized spacial score (nSPS) is 13.4. The molecule has 1 unspecified atom stereocenters. The fourth-order valence-electron chi connectivity index (χ4n) is 1.39. The van der Waals surface area contributed by atoms with Crippen LogP contribution in [0.4, 0.5) is 0 Å². The van der Waals surface area contributed by atoms with Crippen molar-refractivity contribution in [1.82, 2.24) is 0 Å². The Morgan fingerprint density at radius 2 is 2.00 bits per heavy atom. The van der Waals surface area contributed by atoms with Gasteiger partial charge >= 0.3 is 5.97 Å². The zero-order valence-corrected chi connectivity index (χ0v) is 11.4. The SMILES string of the molecule is C=C(C)C(=O)OC(C)O[Si](C)(C)CCC. The van der Waals surface area contributed by atoms with Crippen LogP contribution in [0.25, 0.3) is 0 Å². The molecular weight excluding hydrogens is 208 g/mol. The van der Waals surface area contributed by atoms with Crippen LogP contribution >= 0.6 is 0 Å². The van der Waals surface area contributed by atoms with Crippen molar-refractivity contribution in [2.24, 2.45) is 0 Å². The van der Waals surface area contributed by atoms with E-state index in [1.807, 2.05) is 0 Å². The second-order valence-electron chi connectivity index (χ2n) is 4.38. The van der Waals surface area contributed by atoms with Gasteiger partial charge in [-0.05, 0) is 33.0 Å². The molecule has 0 radical (unpaired) electrons. The van der Waals surface area contributed by atoms with Crippen molar-refractivity contribution < 1.29 is 14.0 Å². The van der Waals surface area contributed by atoms with Crippen LogP contribution in [0, 0.1) is 0 Å². The van der Waals surface area contributed by atoms with E-state index in [1.54, 1.807) is 13.8 Å².